The smallest absolute Gasteiger partial charge is 0.172 e. The van der Waals surface area contributed by atoms with E-state index >= 15 is 0 Å². The standard InChI is InChI=1S/C28H31IO5/c1-19(2)33-27-24(29)26(31)25(30)23(34-27)18-32-28(20-12-6-3-7-13-20,21-14-8-4-9-15-21)22-16-10-5-11-17-22/h3-17,19,23-27,30-31H,18H2,1-2H3. The van der Waals surface area contributed by atoms with E-state index in [0.717, 1.165) is 16.7 Å². The van der Waals surface area contributed by atoms with Gasteiger partial charge in [-0.2, -0.15) is 0 Å². The second kappa shape index (κ2) is 11.3. The van der Waals surface area contributed by atoms with Crippen LogP contribution in [-0.4, -0.2) is 51.5 Å². The van der Waals surface area contributed by atoms with Crippen molar-refractivity contribution in [2.45, 2.75) is 54.1 Å². The van der Waals surface area contributed by atoms with Crippen LogP contribution in [0.15, 0.2) is 91.0 Å². The fourth-order valence-electron chi connectivity index (χ4n) is 4.39. The fourth-order valence-corrected chi connectivity index (χ4v) is 5.15. The van der Waals surface area contributed by atoms with Gasteiger partial charge in [0.1, 0.15) is 17.8 Å². The topological polar surface area (TPSA) is 68.2 Å². The average Bonchev–Trinajstić information content (AvgIpc) is 2.87. The first-order valence-corrected chi connectivity index (χ1v) is 12.8. The van der Waals surface area contributed by atoms with Crippen LogP contribution in [0.1, 0.15) is 30.5 Å². The molecule has 1 heterocycles. The molecule has 0 bridgehead atoms. The molecule has 1 saturated heterocycles. The van der Waals surface area contributed by atoms with E-state index in [9.17, 15) is 10.2 Å². The third-order valence-electron chi connectivity index (χ3n) is 6.04. The number of hydrogen-bond acceptors (Lipinski definition) is 5. The molecule has 0 aliphatic carbocycles. The second-order valence-electron chi connectivity index (χ2n) is 8.74. The molecule has 0 aromatic heterocycles. The van der Waals surface area contributed by atoms with Gasteiger partial charge in [-0.25, -0.2) is 0 Å². The number of alkyl halides is 1. The molecule has 3 aromatic carbocycles. The fraction of sp³-hybridized carbons (Fsp3) is 0.357. The SMILES string of the molecule is CC(C)OC1OC(COC(c2ccccc2)(c2ccccc2)c2ccccc2)C(O)C(O)C1I. The molecule has 1 aliphatic heterocycles. The molecule has 5 atom stereocenters. The lowest BCUT2D eigenvalue weighted by Gasteiger charge is -2.43. The zero-order chi connectivity index (χ0) is 24.1. The van der Waals surface area contributed by atoms with Gasteiger partial charge in [0.25, 0.3) is 0 Å². The van der Waals surface area contributed by atoms with Gasteiger partial charge in [0.05, 0.1) is 22.7 Å². The summed E-state index contributed by atoms with van der Waals surface area (Å²) in [6.07, 6.45) is -3.59. The van der Waals surface area contributed by atoms with Crippen LogP contribution >= 0.6 is 22.6 Å². The Labute approximate surface area is 214 Å². The maximum Gasteiger partial charge on any atom is 0.172 e. The van der Waals surface area contributed by atoms with Gasteiger partial charge in [0.15, 0.2) is 6.29 Å². The second-order valence-corrected chi connectivity index (χ2v) is 10.2. The maximum atomic E-state index is 10.9. The molecule has 0 radical (unpaired) electrons. The van der Waals surface area contributed by atoms with Crippen molar-refractivity contribution in [2.75, 3.05) is 6.61 Å². The molecular weight excluding hydrogens is 543 g/mol. The van der Waals surface area contributed by atoms with Crippen LogP contribution in [0.4, 0.5) is 0 Å². The van der Waals surface area contributed by atoms with Crippen LogP contribution in [0.3, 0.4) is 0 Å². The summed E-state index contributed by atoms with van der Waals surface area (Å²) in [5.74, 6) is 0. The zero-order valence-electron chi connectivity index (χ0n) is 19.3. The van der Waals surface area contributed by atoms with Gasteiger partial charge in [0.2, 0.25) is 0 Å². The summed E-state index contributed by atoms with van der Waals surface area (Å²) in [5, 5.41) is 21.6. The van der Waals surface area contributed by atoms with E-state index in [4.69, 9.17) is 14.2 Å². The predicted octanol–water partition coefficient (Wildman–Crippen LogP) is 4.67. The third-order valence-corrected chi connectivity index (χ3v) is 7.36. The molecule has 0 spiro atoms. The Hall–Kier alpha value is -1.81. The Morgan fingerprint density at radius 2 is 1.24 bits per heavy atom. The summed E-state index contributed by atoms with van der Waals surface area (Å²) in [5.41, 5.74) is 1.94. The van der Waals surface area contributed by atoms with Gasteiger partial charge in [-0.05, 0) is 30.5 Å². The van der Waals surface area contributed by atoms with E-state index in [1.165, 1.54) is 0 Å². The number of benzene rings is 3. The predicted molar refractivity (Wildman–Crippen MR) is 140 cm³/mol. The van der Waals surface area contributed by atoms with Gasteiger partial charge in [0, 0.05) is 0 Å². The summed E-state index contributed by atoms with van der Waals surface area (Å²) >= 11 is 2.08. The molecule has 34 heavy (non-hydrogen) atoms. The summed E-state index contributed by atoms with van der Waals surface area (Å²) in [6.45, 7) is 3.89. The number of aliphatic hydroxyl groups excluding tert-OH is 2. The van der Waals surface area contributed by atoms with Crippen LogP contribution in [0.2, 0.25) is 0 Å². The highest BCUT2D eigenvalue weighted by Crippen LogP contribution is 2.41. The van der Waals surface area contributed by atoms with Gasteiger partial charge in [-0.3, -0.25) is 0 Å². The molecule has 0 saturated carbocycles. The van der Waals surface area contributed by atoms with Crippen molar-refractivity contribution in [1.82, 2.24) is 0 Å². The van der Waals surface area contributed by atoms with Gasteiger partial charge < -0.3 is 24.4 Å². The third kappa shape index (κ3) is 5.22. The molecule has 0 amide bonds. The van der Waals surface area contributed by atoms with Gasteiger partial charge >= 0.3 is 0 Å². The maximum absolute atomic E-state index is 10.9. The minimum absolute atomic E-state index is 0.0538. The number of hydrogen-bond donors (Lipinski definition) is 2. The van der Waals surface area contributed by atoms with Crippen molar-refractivity contribution in [1.29, 1.82) is 0 Å². The van der Waals surface area contributed by atoms with E-state index in [1.54, 1.807) is 0 Å². The zero-order valence-corrected chi connectivity index (χ0v) is 21.5. The molecule has 4 rings (SSSR count). The van der Waals surface area contributed by atoms with Crippen molar-refractivity contribution >= 4 is 22.6 Å². The highest BCUT2D eigenvalue weighted by Gasteiger charge is 2.46. The van der Waals surface area contributed by atoms with Crippen LogP contribution in [-0.2, 0) is 19.8 Å². The average molecular weight is 574 g/mol. The van der Waals surface area contributed by atoms with E-state index in [-0.39, 0.29) is 12.7 Å². The summed E-state index contributed by atoms with van der Waals surface area (Å²) < 4.78 is 18.4. The van der Waals surface area contributed by atoms with E-state index in [0.29, 0.717) is 0 Å². The van der Waals surface area contributed by atoms with Crippen LogP contribution in [0.25, 0.3) is 0 Å². The first-order valence-electron chi connectivity index (χ1n) is 11.5. The minimum atomic E-state index is -1.10. The molecule has 1 aliphatic rings. The number of rotatable bonds is 8. The van der Waals surface area contributed by atoms with Crippen molar-refractivity contribution in [3.05, 3.63) is 108 Å². The lowest BCUT2D eigenvalue weighted by atomic mass is 9.80. The largest absolute Gasteiger partial charge is 0.389 e. The highest BCUT2D eigenvalue weighted by molar-refractivity contribution is 14.1. The van der Waals surface area contributed by atoms with Crippen LogP contribution in [0, 0.1) is 0 Å². The van der Waals surface area contributed by atoms with Gasteiger partial charge in [-0.1, -0.05) is 114 Å². The van der Waals surface area contributed by atoms with Crippen LogP contribution in [0.5, 0.6) is 0 Å². The highest BCUT2D eigenvalue weighted by atomic mass is 127. The summed E-state index contributed by atoms with van der Waals surface area (Å²) in [7, 11) is 0. The first-order chi connectivity index (χ1) is 16.4. The molecule has 5 unspecified atom stereocenters. The van der Waals surface area contributed by atoms with Crippen molar-refractivity contribution in [2.24, 2.45) is 0 Å². The quantitative estimate of drug-likeness (QED) is 0.233. The number of ether oxygens (including phenoxy) is 3. The number of aliphatic hydroxyl groups is 2. The Balaban J connectivity index is 1.73. The van der Waals surface area contributed by atoms with E-state index in [1.807, 2.05) is 105 Å². The van der Waals surface area contributed by atoms with E-state index in [2.05, 4.69) is 22.6 Å². The molecule has 5 nitrogen and oxygen atoms in total. The molecule has 2 N–H and O–H groups in total. The number of halogens is 1. The van der Waals surface area contributed by atoms with Gasteiger partial charge in [-0.15, -0.1) is 0 Å². The molecule has 6 heteroatoms. The van der Waals surface area contributed by atoms with E-state index < -0.39 is 34.1 Å². The molecule has 1 fully saturated rings. The minimum Gasteiger partial charge on any atom is -0.389 e. The first kappa shape index (κ1) is 25.3. The normalized spacial score (nSPS) is 25.4. The van der Waals surface area contributed by atoms with Crippen molar-refractivity contribution in [3.8, 4) is 0 Å². The van der Waals surface area contributed by atoms with Crippen molar-refractivity contribution < 1.29 is 24.4 Å². The Morgan fingerprint density at radius 1 is 0.794 bits per heavy atom. The Morgan fingerprint density at radius 3 is 1.65 bits per heavy atom. The molecular formula is C28H31IO5. The van der Waals surface area contributed by atoms with Crippen molar-refractivity contribution in [3.63, 3.8) is 0 Å². The molecule has 3 aromatic rings. The lowest BCUT2D eigenvalue weighted by molar-refractivity contribution is -0.265. The lowest BCUT2D eigenvalue weighted by Crippen LogP contribution is -2.58. The summed E-state index contributed by atoms with van der Waals surface area (Å²) in [4.78, 5) is 0. The Bertz CT molecular complexity index is 918. The monoisotopic (exact) mass is 574 g/mol. The Kier molecular flexibility index (Phi) is 8.39. The van der Waals surface area contributed by atoms with Crippen LogP contribution < -0.4 is 0 Å². The molecule has 180 valence electrons. The summed E-state index contributed by atoms with van der Waals surface area (Å²) in [6, 6.07) is 30.1.